The molecule has 0 aromatic heterocycles. The summed E-state index contributed by atoms with van der Waals surface area (Å²) in [4.78, 5) is 13.0. The summed E-state index contributed by atoms with van der Waals surface area (Å²) in [5.41, 5.74) is 0.815. The molecule has 0 saturated carbocycles. The number of piperidine rings is 1. The molecule has 0 atom stereocenters. The number of nitrogens with zero attached hydrogens (tertiary/aromatic N) is 2. The van der Waals surface area contributed by atoms with Crippen LogP contribution in [0.1, 0.15) is 12.8 Å². The molecule has 20 heavy (non-hydrogen) atoms. The van der Waals surface area contributed by atoms with Crippen molar-refractivity contribution in [3.8, 4) is 5.75 Å². The number of hydrogen-bond donors (Lipinski definition) is 1. The summed E-state index contributed by atoms with van der Waals surface area (Å²) in [7, 11) is 3.47. The van der Waals surface area contributed by atoms with Crippen LogP contribution in [0.3, 0.4) is 0 Å². The predicted molar refractivity (Wildman–Crippen MR) is 78.5 cm³/mol. The summed E-state index contributed by atoms with van der Waals surface area (Å²) in [6.45, 7) is 2.73. The van der Waals surface area contributed by atoms with Crippen molar-refractivity contribution in [1.82, 2.24) is 5.32 Å². The highest BCUT2D eigenvalue weighted by molar-refractivity contribution is 5.65. The SMILES string of the molecule is CNCC1CCN(c2ccc(OC)cc2[N+](=O)[O-])CC1. The molecule has 1 aliphatic rings. The number of benzene rings is 1. The van der Waals surface area contributed by atoms with Gasteiger partial charge in [0.15, 0.2) is 0 Å². The van der Waals surface area contributed by atoms with Crippen molar-refractivity contribution in [2.45, 2.75) is 12.8 Å². The maximum Gasteiger partial charge on any atom is 0.296 e. The number of rotatable bonds is 5. The van der Waals surface area contributed by atoms with Gasteiger partial charge in [0, 0.05) is 13.1 Å². The number of anilines is 1. The minimum absolute atomic E-state index is 0.122. The second kappa shape index (κ2) is 6.56. The van der Waals surface area contributed by atoms with Gasteiger partial charge in [0.2, 0.25) is 0 Å². The van der Waals surface area contributed by atoms with E-state index in [4.69, 9.17) is 4.74 Å². The van der Waals surface area contributed by atoms with Gasteiger partial charge >= 0.3 is 0 Å². The van der Waals surface area contributed by atoms with E-state index in [0.29, 0.717) is 17.4 Å². The Bertz CT molecular complexity index is 471. The predicted octanol–water partition coefficient (Wildman–Crippen LogP) is 2.04. The first-order valence-corrected chi connectivity index (χ1v) is 6.87. The third-order valence-electron chi connectivity index (χ3n) is 3.83. The fraction of sp³-hybridized carbons (Fsp3) is 0.571. The second-order valence-electron chi connectivity index (χ2n) is 5.10. The zero-order valence-corrected chi connectivity index (χ0v) is 12.0. The first-order valence-electron chi connectivity index (χ1n) is 6.87. The summed E-state index contributed by atoms with van der Waals surface area (Å²) in [5.74, 6) is 1.18. The summed E-state index contributed by atoms with van der Waals surface area (Å²) >= 11 is 0. The zero-order chi connectivity index (χ0) is 14.5. The van der Waals surface area contributed by atoms with Gasteiger partial charge in [-0.25, -0.2) is 0 Å². The van der Waals surface area contributed by atoms with E-state index in [1.807, 2.05) is 7.05 Å². The Morgan fingerprint density at radius 2 is 2.15 bits per heavy atom. The van der Waals surface area contributed by atoms with Crippen molar-refractivity contribution in [3.63, 3.8) is 0 Å². The van der Waals surface area contributed by atoms with Gasteiger partial charge in [-0.1, -0.05) is 0 Å². The van der Waals surface area contributed by atoms with Crippen LogP contribution >= 0.6 is 0 Å². The van der Waals surface area contributed by atoms with Crippen LogP contribution in [0, 0.1) is 16.0 Å². The van der Waals surface area contributed by atoms with Crippen molar-refractivity contribution in [3.05, 3.63) is 28.3 Å². The molecule has 0 radical (unpaired) electrons. The van der Waals surface area contributed by atoms with Gasteiger partial charge in [0.1, 0.15) is 11.4 Å². The number of nitro benzene ring substituents is 1. The van der Waals surface area contributed by atoms with E-state index in [9.17, 15) is 10.1 Å². The first-order chi connectivity index (χ1) is 9.65. The van der Waals surface area contributed by atoms with Crippen molar-refractivity contribution >= 4 is 11.4 Å². The van der Waals surface area contributed by atoms with Gasteiger partial charge in [0.25, 0.3) is 5.69 Å². The van der Waals surface area contributed by atoms with E-state index in [2.05, 4.69) is 10.2 Å². The third kappa shape index (κ3) is 3.19. The van der Waals surface area contributed by atoms with Crippen LogP contribution in [-0.4, -0.2) is 38.7 Å². The molecule has 110 valence electrons. The lowest BCUT2D eigenvalue weighted by molar-refractivity contribution is -0.384. The molecular formula is C14H21N3O3. The molecule has 2 rings (SSSR count). The quantitative estimate of drug-likeness (QED) is 0.660. The van der Waals surface area contributed by atoms with Gasteiger partial charge in [-0.15, -0.1) is 0 Å². The van der Waals surface area contributed by atoms with E-state index in [0.717, 1.165) is 32.5 Å². The molecule has 6 heteroatoms. The Morgan fingerprint density at radius 1 is 1.45 bits per heavy atom. The lowest BCUT2D eigenvalue weighted by atomic mass is 9.96. The van der Waals surface area contributed by atoms with Gasteiger partial charge in [0.05, 0.1) is 18.1 Å². The number of methoxy groups -OCH3 is 1. The van der Waals surface area contributed by atoms with E-state index >= 15 is 0 Å². The van der Waals surface area contributed by atoms with Crippen LogP contribution in [0.2, 0.25) is 0 Å². The molecule has 1 saturated heterocycles. The Balaban J connectivity index is 2.15. The zero-order valence-electron chi connectivity index (χ0n) is 12.0. The van der Waals surface area contributed by atoms with Gasteiger partial charge < -0.3 is 15.0 Å². The van der Waals surface area contributed by atoms with Crippen LogP contribution in [0.5, 0.6) is 5.75 Å². The molecule has 1 aromatic rings. The Hall–Kier alpha value is -1.82. The normalized spacial score (nSPS) is 16.2. The summed E-state index contributed by atoms with van der Waals surface area (Å²) in [5, 5.41) is 14.4. The summed E-state index contributed by atoms with van der Waals surface area (Å²) in [6.07, 6.45) is 2.12. The molecule has 6 nitrogen and oxygen atoms in total. The van der Waals surface area contributed by atoms with Crippen molar-refractivity contribution < 1.29 is 9.66 Å². The molecular weight excluding hydrogens is 258 g/mol. The van der Waals surface area contributed by atoms with Crippen LogP contribution < -0.4 is 15.0 Å². The molecule has 0 unspecified atom stereocenters. The smallest absolute Gasteiger partial charge is 0.296 e. The minimum Gasteiger partial charge on any atom is -0.496 e. The Morgan fingerprint density at radius 3 is 2.70 bits per heavy atom. The monoisotopic (exact) mass is 279 g/mol. The maximum atomic E-state index is 11.2. The molecule has 1 N–H and O–H groups in total. The number of nitro groups is 1. The lowest BCUT2D eigenvalue weighted by Gasteiger charge is -2.33. The van der Waals surface area contributed by atoms with Crippen molar-refractivity contribution in [2.75, 3.05) is 38.7 Å². The fourth-order valence-corrected chi connectivity index (χ4v) is 2.71. The molecule has 1 heterocycles. The minimum atomic E-state index is -0.336. The lowest BCUT2D eigenvalue weighted by Crippen LogP contribution is -2.37. The summed E-state index contributed by atoms with van der Waals surface area (Å²) < 4.78 is 5.07. The molecule has 1 fully saturated rings. The average molecular weight is 279 g/mol. The molecule has 0 aliphatic carbocycles. The largest absolute Gasteiger partial charge is 0.496 e. The number of ether oxygens (including phenoxy) is 1. The van der Waals surface area contributed by atoms with Crippen LogP contribution in [-0.2, 0) is 0 Å². The van der Waals surface area contributed by atoms with E-state index < -0.39 is 0 Å². The molecule has 1 aromatic carbocycles. The van der Waals surface area contributed by atoms with Crippen molar-refractivity contribution in [1.29, 1.82) is 0 Å². The Labute approximate surface area is 118 Å². The highest BCUT2D eigenvalue weighted by atomic mass is 16.6. The topological polar surface area (TPSA) is 67.6 Å². The third-order valence-corrected chi connectivity index (χ3v) is 3.83. The van der Waals surface area contributed by atoms with Gasteiger partial charge in [-0.3, -0.25) is 10.1 Å². The molecule has 0 spiro atoms. The highest BCUT2D eigenvalue weighted by Gasteiger charge is 2.25. The maximum absolute atomic E-state index is 11.2. The van der Waals surface area contributed by atoms with E-state index in [1.54, 1.807) is 12.1 Å². The van der Waals surface area contributed by atoms with Crippen LogP contribution in [0.4, 0.5) is 11.4 Å². The van der Waals surface area contributed by atoms with Crippen LogP contribution in [0.25, 0.3) is 0 Å². The number of nitrogens with one attached hydrogen (secondary N) is 1. The van der Waals surface area contributed by atoms with E-state index in [1.165, 1.54) is 13.2 Å². The highest BCUT2D eigenvalue weighted by Crippen LogP contribution is 2.34. The van der Waals surface area contributed by atoms with Gasteiger partial charge in [-0.05, 0) is 44.5 Å². The second-order valence-corrected chi connectivity index (χ2v) is 5.10. The first kappa shape index (κ1) is 14.6. The molecule has 0 amide bonds. The van der Waals surface area contributed by atoms with Crippen molar-refractivity contribution in [2.24, 2.45) is 5.92 Å². The number of hydrogen-bond acceptors (Lipinski definition) is 5. The van der Waals surface area contributed by atoms with Crippen LogP contribution in [0.15, 0.2) is 18.2 Å². The standard InChI is InChI=1S/C14H21N3O3/c1-15-10-11-5-7-16(8-6-11)13-4-3-12(20-2)9-14(13)17(18)19/h3-4,9,11,15H,5-8,10H2,1-2H3. The van der Waals surface area contributed by atoms with E-state index in [-0.39, 0.29) is 10.6 Å². The Kier molecular flexibility index (Phi) is 4.79. The summed E-state index contributed by atoms with van der Waals surface area (Å²) in [6, 6.07) is 5.06. The molecule has 0 bridgehead atoms. The fourth-order valence-electron chi connectivity index (χ4n) is 2.71. The average Bonchev–Trinajstić information content (AvgIpc) is 2.48. The molecule has 1 aliphatic heterocycles. The van der Waals surface area contributed by atoms with Gasteiger partial charge in [-0.2, -0.15) is 0 Å².